The van der Waals surface area contributed by atoms with E-state index in [9.17, 15) is 4.79 Å². The molecule has 0 unspecified atom stereocenters. The summed E-state index contributed by atoms with van der Waals surface area (Å²) in [7, 11) is 0. The number of aromatic nitrogens is 2. The molecule has 0 aliphatic carbocycles. The summed E-state index contributed by atoms with van der Waals surface area (Å²) in [6.45, 7) is 6.13. The summed E-state index contributed by atoms with van der Waals surface area (Å²) < 4.78 is 2.61. The summed E-state index contributed by atoms with van der Waals surface area (Å²) in [6.07, 6.45) is 1.84. The van der Waals surface area contributed by atoms with Gasteiger partial charge in [0.15, 0.2) is 0 Å². The molecule has 1 aromatic heterocycles. The lowest BCUT2D eigenvalue weighted by molar-refractivity contribution is -0.133. The van der Waals surface area contributed by atoms with Crippen molar-refractivity contribution in [2.24, 2.45) is 0 Å². The van der Waals surface area contributed by atoms with Gasteiger partial charge in [0.05, 0.1) is 20.2 Å². The number of benzene rings is 1. The van der Waals surface area contributed by atoms with E-state index in [1.807, 2.05) is 36.2 Å². The van der Waals surface area contributed by atoms with Crippen molar-refractivity contribution < 1.29 is 4.79 Å². The van der Waals surface area contributed by atoms with Crippen LogP contribution in [0.2, 0.25) is 10.0 Å². The first-order valence-corrected chi connectivity index (χ1v) is 9.61. The van der Waals surface area contributed by atoms with Crippen LogP contribution < -0.4 is 0 Å². The van der Waals surface area contributed by atoms with Crippen LogP contribution >= 0.6 is 39.1 Å². The number of amides is 1. The number of halogens is 3. The normalized spacial score (nSPS) is 15.6. The van der Waals surface area contributed by atoms with Gasteiger partial charge < -0.3 is 4.90 Å². The fourth-order valence-corrected chi connectivity index (χ4v) is 3.50. The molecule has 1 aliphatic rings. The number of piperazine rings is 1. The summed E-state index contributed by atoms with van der Waals surface area (Å²) in [6, 6.07) is 5.71. The number of carbonyl (C=O) groups excluding carboxylic acids is 1. The minimum Gasteiger partial charge on any atom is -0.339 e. The molecule has 8 heteroatoms. The van der Waals surface area contributed by atoms with E-state index in [0.29, 0.717) is 10.0 Å². The maximum absolute atomic E-state index is 12.4. The van der Waals surface area contributed by atoms with E-state index in [1.165, 1.54) is 0 Å². The van der Waals surface area contributed by atoms with Gasteiger partial charge in [0, 0.05) is 38.9 Å². The maximum Gasteiger partial charge on any atom is 0.244 e. The first kappa shape index (κ1) is 18.7. The van der Waals surface area contributed by atoms with E-state index in [-0.39, 0.29) is 12.5 Å². The molecular weight excluding hydrogens is 427 g/mol. The third kappa shape index (κ3) is 4.76. The predicted octanol–water partition coefficient (Wildman–Crippen LogP) is 3.61. The Morgan fingerprint density at radius 1 is 1.20 bits per heavy atom. The highest BCUT2D eigenvalue weighted by Gasteiger charge is 2.21. The minimum atomic E-state index is 0.101. The van der Waals surface area contributed by atoms with Crippen molar-refractivity contribution in [3.63, 3.8) is 0 Å². The molecule has 134 valence electrons. The third-order valence-corrected chi connectivity index (χ3v) is 5.82. The Bertz CT molecular complexity index is 753. The first-order valence-electron chi connectivity index (χ1n) is 8.06. The highest BCUT2D eigenvalue weighted by atomic mass is 79.9. The second-order valence-electron chi connectivity index (χ2n) is 6.17. The van der Waals surface area contributed by atoms with Crippen LogP contribution in [0.1, 0.15) is 11.3 Å². The summed E-state index contributed by atoms with van der Waals surface area (Å²) in [5.41, 5.74) is 2.02. The Hall–Kier alpha value is -1.08. The van der Waals surface area contributed by atoms with Crippen LogP contribution in [0, 0.1) is 6.92 Å². The fourth-order valence-electron chi connectivity index (χ4n) is 2.86. The van der Waals surface area contributed by atoms with Crippen LogP contribution in [0.4, 0.5) is 0 Å². The lowest BCUT2D eigenvalue weighted by Gasteiger charge is -2.34. The Morgan fingerprint density at radius 3 is 2.52 bits per heavy atom. The lowest BCUT2D eigenvalue weighted by atomic mass is 10.2. The highest BCUT2D eigenvalue weighted by molar-refractivity contribution is 9.10. The second kappa shape index (κ2) is 8.08. The van der Waals surface area contributed by atoms with Gasteiger partial charge in [-0.05, 0) is 40.5 Å². The van der Waals surface area contributed by atoms with Crippen molar-refractivity contribution >= 4 is 45.0 Å². The molecule has 0 atom stereocenters. The van der Waals surface area contributed by atoms with Crippen LogP contribution in [-0.2, 0) is 17.9 Å². The van der Waals surface area contributed by atoms with Crippen molar-refractivity contribution in [1.82, 2.24) is 19.6 Å². The molecular formula is C17H19BrCl2N4O. The van der Waals surface area contributed by atoms with Gasteiger partial charge in [-0.25, -0.2) is 0 Å². The molecule has 1 fully saturated rings. The molecule has 0 N–H and O–H groups in total. The first-order chi connectivity index (χ1) is 11.9. The molecule has 25 heavy (non-hydrogen) atoms. The predicted molar refractivity (Wildman–Crippen MR) is 103 cm³/mol. The number of rotatable bonds is 4. The standard InChI is InChI=1S/C17H19BrCl2N4O/c1-12-14(18)10-24(21-12)11-17(25)23-6-4-22(5-7-23)9-13-2-3-15(19)16(20)8-13/h2-3,8,10H,4-7,9,11H2,1H3. The number of hydrogen-bond donors (Lipinski definition) is 0. The van der Waals surface area contributed by atoms with Crippen molar-refractivity contribution in [1.29, 1.82) is 0 Å². The molecule has 2 heterocycles. The quantitative estimate of drug-likeness (QED) is 0.721. The summed E-state index contributed by atoms with van der Waals surface area (Å²) in [4.78, 5) is 16.7. The Morgan fingerprint density at radius 2 is 1.92 bits per heavy atom. The fraction of sp³-hybridized carbons (Fsp3) is 0.412. The Labute approximate surface area is 165 Å². The van der Waals surface area contributed by atoms with E-state index < -0.39 is 0 Å². The average Bonchev–Trinajstić information content (AvgIpc) is 2.89. The zero-order chi connectivity index (χ0) is 18.0. The minimum absolute atomic E-state index is 0.101. The molecule has 1 aromatic carbocycles. The maximum atomic E-state index is 12.4. The van der Waals surface area contributed by atoms with Crippen molar-refractivity contribution in [2.45, 2.75) is 20.0 Å². The SMILES string of the molecule is Cc1nn(CC(=O)N2CCN(Cc3ccc(Cl)c(Cl)c3)CC2)cc1Br. The molecule has 0 spiro atoms. The van der Waals surface area contributed by atoms with Gasteiger partial charge in [-0.1, -0.05) is 29.3 Å². The van der Waals surface area contributed by atoms with E-state index in [1.54, 1.807) is 4.68 Å². The van der Waals surface area contributed by atoms with Crippen molar-refractivity contribution in [2.75, 3.05) is 26.2 Å². The van der Waals surface area contributed by atoms with Gasteiger partial charge in [0.2, 0.25) is 5.91 Å². The molecule has 1 aliphatic heterocycles. The van der Waals surface area contributed by atoms with Gasteiger partial charge in [0.25, 0.3) is 0 Å². The summed E-state index contributed by atoms with van der Waals surface area (Å²) >= 11 is 15.4. The average molecular weight is 446 g/mol. The third-order valence-electron chi connectivity index (χ3n) is 4.30. The zero-order valence-electron chi connectivity index (χ0n) is 13.9. The monoisotopic (exact) mass is 444 g/mol. The summed E-state index contributed by atoms with van der Waals surface area (Å²) in [5.74, 6) is 0.101. The van der Waals surface area contributed by atoms with Crippen LogP contribution in [0.5, 0.6) is 0 Å². The molecule has 0 saturated carbocycles. The van der Waals surface area contributed by atoms with E-state index in [2.05, 4.69) is 25.9 Å². The van der Waals surface area contributed by atoms with Gasteiger partial charge in [-0.3, -0.25) is 14.4 Å². The number of nitrogens with zero attached hydrogens (tertiary/aromatic N) is 4. The second-order valence-corrected chi connectivity index (χ2v) is 7.83. The molecule has 3 rings (SSSR count). The summed E-state index contributed by atoms with van der Waals surface area (Å²) in [5, 5.41) is 5.47. The van der Waals surface area contributed by atoms with E-state index in [0.717, 1.165) is 48.5 Å². The van der Waals surface area contributed by atoms with Crippen molar-refractivity contribution in [3.8, 4) is 0 Å². The zero-order valence-corrected chi connectivity index (χ0v) is 17.0. The van der Waals surface area contributed by atoms with Gasteiger partial charge >= 0.3 is 0 Å². The van der Waals surface area contributed by atoms with Crippen molar-refractivity contribution in [3.05, 3.63) is 50.2 Å². The molecule has 2 aromatic rings. The Balaban J connectivity index is 1.50. The van der Waals surface area contributed by atoms with Crippen LogP contribution in [0.3, 0.4) is 0 Å². The molecule has 0 radical (unpaired) electrons. The van der Waals surface area contributed by atoms with Crippen LogP contribution in [0.15, 0.2) is 28.9 Å². The van der Waals surface area contributed by atoms with E-state index >= 15 is 0 Å². The van der Waals surface area contributed by atoms with Gasteiger partial charge in [0.1, 0.15) is 6.54 Å². The lowest BCUT2D eigenvalue weighted by Crippen LogP contribution is -2.49. The molecule has 1 amide bonds. The molecule has 0 bridgehead atoms. The van der Waals surface area contributed by atoms with Gasteiger partial charge in [-0.2, -0.15) is 5.10 Å². The van der Waals surface area contributed by atoms with Gasteiger partial charge in [-0.15, -0.1) is 0 Å². The Kier molecular flexibility index (Phi) is 6.04. The number of carbonyl (C=O) groups is 1. The number of aryl methyl sites for hydroxylation is 1. The van der Waals surface area contributed by atoms with Crippen LogP contribution in [-0.4, -0.2) is 51.7 Å². The van der Waals surface area contributed by atoms with Crippen LogP contribution in [0.25, 0.3) is 0 Å². The molecule has 5 nitrogen and oxygen atoms in total. The largest absolute Gasteiger partial charge is 0.339 e. The topological polar surface area (TPSA) is 41.4 Å². The molecule has 1 saturated heterocycles. The number of hydrogen-bond acceptors (Lipinski definition) is 3. The smallest absolute Gasteiger partial charge is 0.244 e. The highest BCUT2D eigenvalue weighted by Crippen LogP contribution is 2.23. The van der Waals surface area contributed by atoms with E-state index in [4.69, 9.17) is 23.2 Å².